The number of carbonyl (C=O) groups is 2. The molecule has 0 bridgehead atoms. The maximum absolute atomic E-state index is 13.5. The number of hydrogen-bond acceptors (Lipinski definition) is 2. The summed E-state index contributed by atoms with van der Waals surface area (Å²) < 4.78 is 52.8. The van der Waals surface area contributed by atoms with Crippen LogP contribution in [-0.4, -0.2) is 16.9 Å². The molecule has 0 spiro atoms. The Morgan fingerprint density at radius 1 is 0.762 bits per heavy atom. The van der Waals surface area contributed by atoms with Gasteiger partial charge in [-0.05, 0) is 30.3 Å². The van der Waals surface area contributed by atoms with Crippen LogP contribution in [0.4, 0.5) is 17.6 Å². The first-order valence-electron chi connectivity index (χ1n) is 5.53. The van der Waals surface area contributed by atoms with Crippen LogP contribution in [0.3, 0.4) is 0 Å². The third-order valence-electron chi connectivity index (χ3n) is 2.71. The molecule has 0 saturated carbocycles. The summed E-state index contributed by atoms with van der Waals surface area (Å²) in [5, 5.41) is 8.89. The molecule has 0 amide bonds. The van der Waals surface area contributed by atoms with Gasteiger partial charge in [0.1, 0.15) is 11.6 Å². The number of benzene rings is 2. The molecule has 0 unspecified atom stereocenters. The third-order valence-corrected chi connectivity index (χ3v) is 2.71. The fourth-order valence-electron chi connectivity index (χ4n) is 1.73. The number of ketones is 1. The Hall–Kier alpha value is -2.70. The second-order valence-electron chi connectivity index (χ2n) is 4.07. The fraction of sp³-hybridized carbons (Fsp3) is 0. The number of aromatic carboxylic acids is 1. The van der Waals surface area contributed by atoms with Gasteiger partial charge >= 0.3 is 5.97 Å². The van der Waals surface area contributed by atoms with Crippen molar-refractivity contribution < 1.29 is 32.3 Å². The van der Waals surface area contributed by atoms with Crippen LogP contribution in [0.25, 0.3) is 0 Å². The van der Waals surface area contributed by atoms with Gasteiger partial charge in [0.2, 0.25) is 0 Å². The molecular formula is C14H6F4O3. The van der Waals surface area contributed by atoms with E-state index in [-0.39, 0.29) is 0 Å². The van der Waals surface area contributed by atoms with Gasteiger partial charge in [-0.1, -0.05) is 0 Å². The standard InChI is InChI=1S/C14H6F4O3/c15-6-1-2-10(16)9(3-6)13(19)7-4-11(17)12(18)5-8(7)14(20)21/h1-5H,(H,20,21). The van der Waals surface area contributed by atoms with Crippen molar-refractivity contribution in [2.75, 3.05) is 0 Å². The molecule has 1 N–H and O–H groups in total. The number of halogens is 4. The van der Waals surface area contributed by atoms with E-state index in [2.05, 4.69) is 0 Å². The van der Waals surface area contributed by atoms with Crippen molar-refractivity contribution in [3.63, 3.8) is 0 Å². The number of carboxylic acids is 1. The Bertz CT molecular complexity index is 756. The molecule has 2 aromatic carbocycles. The van der Waals surface area contributed by atoms with Crippen molar-refractivity contribution in [3.8, 4) is 0 Å². The Kier molecular flexibility index (Phi) is 3.75. The SMILES string of the molecule is O=C(O)c1cc(F)c(F)cc1C(=O)c1cc(F)ccc1F. The van der Waals surface area contributed by atoms with E-state index in [0.29, 0.717) is 24.3 Å². The first-order chi connectivity index (χ1) is 9.81. The number of hydrogen-bond donors (Lipinski definition) is 1. The van der Waals surface area contributed by atoms with Crippen LogP contribution in [-0.2, 0) is 0 Å². The summed E-state index contributed by atoms with van der Waals surface area (Å²) in [6, 6.07) is 2.62. The zero-order chi connectivity index (χ0) is 15.7. The highest BCUT2D eigenvalue weighted by atomic mass is 19.2. The van der Waals surface area contributed by atoms with E-state index < -0.39 is 51.7 Å². The highest BCUT2D eigenvalue weighted by Crippen LogP contribution is 2.21. The monoisotopic (exact) mass is 298 g/mol. The predicted molar refractivity (Wildman–Crippen MR) is 63.1 cm³/mol. The van der Waals surface area contributed by atoms with Gasteiger partial charge < -0.3 is 5.11 Å². The smallest absolute Gasteiger partial charge is 0.336 e. The lowest BCUT2D eigenvalue weighted by atomic mass is 9.97. The normalized spacial score (nSPS) is 10.5. The van der Waals surface area contributed by atoms with E-state index >= 15 is 0 Å². The lowest BCUT2D eigenvalue weighted by Gasteiger charge is -2.07. The molecule has 2 aromatic rings. The minimum Gasteiger partial charge on any atom is -0.478 e. The maximum Gasteiger partial charge on any atom is 0.336 e. The van der Waals surface area contributed by atoms with Crippen LogP contribution in [0.1, 0.15) is 26.3 Å². The van der Waals surface area contributed by atoms with Crippen molar-refractivity contribution in [2.24, 2.45) is 0 Å². The molecule has 0 fully saturated rings. The molecule has 0 aliphatic carbocycles. The van der Waals surface area contributed by atoms with Gasteiger partial charge in [0, 0.05) is 5.56 Å². The molecule has 0 aromatic heterocycles. The molecular weight excluding hydrogens is 292 g/mol. The van der Waals surface area contributed by atoms with E-state index in [4.69, 9.17) is 5.11 Å². The van der Waals surface area contributed by atoms with Crippen LogP contribution >= 0.6 is 0 Å². The average Bonchev–Trinajstić information content (AvgIpc) is 2.43. The molecule has 0 radical (unpaired) electrons. The van der Waals surface area contributed by atoms with E-state index in [9.17, 15) is 27.2 Å². The first-order valence-corrected chi connectivity index (χ1v) is 5.53. The fourth-order valence-corrected chi connectivity index (χ4v) is 1.73. The summed E-state index contributed by atoms with van der Waals surface area (Å²) in [5.74, 6) is -7.94. The Morgan fingerprint density at radius 2 is 1.33 bits per heavy atom. The molecule has 2 rings (SSSR count). The van der Waals surface area contributed by atoms with Crippen molar-refractivity contribution >= 4 is 11.8 Å². The zero-order valence-corrected chi connectivity index (χ0v) is 10.2. The van der Waals surface area contributed by atoms with Gasteiger partial charge in [0.15, 0.2) is 17.4 Å². The van der Waals surface area contributed by atoms with Crippen molar-refractivity contribution in [1.29, 1.82) is 0 Å². The molecule has 3 nitrogen and oxygen atoms in total. The molecule has 0 atom stereocenters. The predicted octanol–water partition coefficient (Wildman–Crippen LogP) is 3.17. The average molecular weight is 298 g/mol. The molecule has 0 saturated heterocycles. The van der Waals surface area contributed by atoms with Crippen LogP contribution in [0.2, 0.25) is 0 Å². The van der Waals surface area contributed by atoms with E-state index in [0.717, 1.165) is 6.07 Å². The summed E-state index contributed by atoms with van der Waals surface area (Å²) >= 11 is 0. The second-order valence-corrected chi connectivity index (χ2v) is 4.07. The first kappa shape index (κ1) is 14.7. The van der Waals surface area contributed by atoms with Crippen molar-refractivity contribution in [1.82, 2.24) is 0 Å². The Balaban J connectivity index is 2.65. The second kappa shape index (κ2) is 5.35. The van der Waals surface area contributed by atoms with Gasteiger partial charge in [-0.25, -0.2) is 22.4 Å². The molecule has 7 heteroatoms. The molecule has 108 valence electrons. The van der Waals surface area contributed by atoms with Gasteiger partial charge in [0.05, 0.1) is 11.1 Å². The van der Waals surface area contributed by atoms with Crippen LogP contribution in [0.15, 0.2) is 30.3 Å². The summed E-state index contributed by atoms with van der Waals surface area (Å²) in [6.07, 6.45) is 0. The molecule has 0 heterocycles. The highest BCUT2D eigenvalue weighted by Gasteiger charge is 2.23. The zero-order valence-electron chi connectivity index (χ0n) is 10.2. The van der Waals surface area contributed by atoms with Crippen molar-refractivity contribution in [2.45, 2.75) is 0 Å². The third kappa shape index (κ3) is 2.76. The van der Waals surface area contributed by atoms with Crippen molar-refractivity contribution in [3.05, 3.63) is 70.3 Å². The van der Waals surface area contributed by atoms with Gasteiger partial charge in [-0.15, -0.1) is 0 Å². The summed E-state index contributed by atoms with van der Waals surface area (Å²) in [6.45, 7) is 0. The lowest BCUT2D eigenvalue weighted by molar-refractivity contribution is 0.0692. The molecule has 0 aliphatic heterocycles. The number of carboxylic acid groups (broad SMARTS) is 1. The minimum atomic E-state index is -1.70. The van der Waals surface area contributed by atoms with Gasteiger partial charge in [-0.2, -0.15) is 0 Å². The number of carbonyl (C=O) groups excluding carboxylic acids is 1. The highest BCUT2D eigenvalue weighted by molar-refractivity contribution is 6.14. The summed E-state index contributed by atoms with van der Waals surface area (Å²) in [7, 11) is 0. The minimum absolute atomic E-state index is 0.308. The largest absolute Gasteiger partial charge is 0.478 e. The van der Waals surface area contributed by atoms with E-state index in [1.807, 2.05) is 0 Å². The van der Waals surface area contributed by atoms with Gasteiger partial charge in [0.25, 0.3) is 0 Å². The maximum atomic E-state index is 13.5. The van der Waals surface area contributed by atoms with Crippen LogP contribution in [0, 0.1) is 23.3 Å². The van der Waals surface area contributed by atoms with Crippen LogP contribution < -0.4 is 0 Å². The molecule has 21 heavy (non-hydrogen) atoms. The Morgan fingerprint density at radius 3 is 1.90 bits per heavy atom. The van der Waals surface area contributed by atoms with E-state index in [1.54, 1.807) is 0 Å². The van der Waals surface area contributed by atoms with E-state index in [1.165, 1.54) is 0 Å². The van der Waals surface area contributed by atoms with Crippen LogP contribution in [0.5, 0.6) is 0 Å². The quantitative estimate of drug-likeness (QED) is 0.699. The van der Waals surface area contributed by atoms with Gasteiger partial charge in [-0.3, -0.25) is 4.79 Å². The molecule has 0 aliphatic rings. The lowest BCUT2D eigenvalue weighted by Crippen LogP contribution is -2.13. The Labute approximate surface area is 115 Å². The summed E-state index contributed by atoms with van der Waals surface area (Å²) in [4.78, 5) is 23.0. The topological polar surface area (TPSA) is 54.4 Å². The summed E-state index contributed by atoms with van der Waals surface area (Å²) in [5.41, 5.74) is -2.39. The number of rotatable bonds is 3.